The first-order valence-electron chi connectivity index (χ1n) is 45.0. The van der Waals surface area contributed by atoms with Crippen LogP contribution in [0.4, 0.5) is 31.9 Å². The van der Waals surface area contributed by atoms with Crippen LogP contribution in [0.2, 0.25) is 0 Å². The molecule has 4 heterocycles. The fourth-order valence-electron chi connectivity index (χ4n) is 15.1. The van der Waals surface area contributed by atoms with E-state index in [0.29, 0.717) is 149 Å². The van der Waals surface area contributed by atoms with Crippen LogP contribution in [0, 0.1) is 77.5 Å². The van der Waals surface area contributed by atoms with Crippen molar-refractivity contribution in [2.45, 2.75) is 244 Å². The van der Waals surface area contributed by atoms with Crippen molar-refractivity contribution in [1.82, 2.24) is 25.1 Å². The average molecular weight is 1910 g/mol. The van der Waals surface area contributed by atoms with Crippen molar-refractivity contribution >= 4 is 82.4 Å². The van der Waals surface area contributed by atoms with E-state index in [1.54, 1.807) is 79.5 Å². The Bertz CT molecular complexity index is 3900. The summed E-state index contributed by atoms with van der Waals surface area (Å²) in [6.45, 7) is 28.8. The van der Waals surface area contributed by atoms with Crippen molar-refractivity contribution in [3.8, 4) is 23.0 Å². The van der Waals surface area contributed by atoms with Gasteiger partial charge >= 0.3 is 41.3 Å². The number of likely N-dealkylation sites (tertiary alicyclic amines) is 3. The molecule has 0 unspecified atom stereocenters. The van der Waals surface area contributed by atoms with E-state index in [2.05, 4.69) is 28.2 Å². The summed E-state index contributed by atoms with van der Waals surface area (Å²) in [5, 5.41) is 28.5. The number of piperidine rings is 4. The quantitative estimate of drug-likeness (QED) is 0.00762. The number of nitrogens with zero attached hydrogens (tertiary/aromatic N) is 4. The number of hydrogen-bond donors (Lipinski definition) is 3. The maximum absolute atomic E-state index is 14.9. The van der Waals surface area contributed by atoms with Crippen molar-refractivity contribution in [3.05, 3.63) is 124 Å². The number of hydrogen-bond acceptors (Lipinski definition) is 19. The Kier molecular flexibility index (Phi) is 50.5. The summed E-state index contributed by atoms with van der Waals surface area (Å²) in [6.07, 6.45) is 20.6. The molecule has 4 aliphatic carbocycles. The monoisotopic (exact) mass is 1900 g/mol. The molecule has 3 N–H and O–H groups in total. The third kappa shape index (κ3) is 39.6. The third-order valence-corrected chi connectivity index (χ3v) is 23.4. The topological polar surface area (TPSA) is 252 Å². The van der Waals surface area contributed by atoms with Crippen LogP contribution in [0.25, 0.3) is 0 Å². The van der Waals surface area contributed by atoms with Crippen LogP contribution in [0.1, 0.15) is 238 Å². The first-order chi connectivity index (χ1) is 59.0. The van der Waals surface area contributed by atoms with Gasteiger partial charge in [0.25, 0.3) is 5.91 Å². The molecule has 23 nitrogen and oxygen atoms in total. The van der Waals surface area contributed by atoms with E-state index < -0.39 is 45.7 Å². The summed E-state index contributed by atoms with van der Waals surface area (Å²) in [5.74, 6) is 0.184. The minimum absolute atomic E-state index is 0. The summed E-state index contributed by atoms with van der Waals surface area (Å²) in [4.78, 5) is 71.8. The number of hydroxylamine groups is 2. The van der Waals surface area contributed by atoms with Crippen molar-refractivity contribution < 1.29 is 116 Å². The molecule has 127 heavy (non-hydrogen) atoms. The summed E-state index contributed by atoms with van der Waals surface area (Å²) < 4.78 is 112. The Hall–Kier alpha value is -5.64. The van der Waals surface area contributed by atoms with E-state index in [1.165, 1.54) is 55.3 Å². The van der Waals surface area contributed by atoms with Gasteiger partial charge in [0, 0.05) is 123 Å². The molecule has 8 fully saturated rings. The predicted octanol–water partition coefficient (Wildman–Crippen LogP) is 16.3. The molecule has 8 aliphatic rings. The third-order valence-electron chi connectivity index (χ3n) is 22.7. The van der Waals surface area contributed by atoms with Crippen molar-refractivity contribution in [2.24, 2.45) is 47.3 Å². The average Bonchev–Trinajstić information content (AvgIpc) is 0.971. The van der Waals surface area contributed by atoms with E-state index in [0.717, 1.165) is 129 Å². The fourth-order valence-corrected chi connectivity index (χ4v) is 15.5. The van der Waals surface area contributed by atoms with Gasteiger partial charge in [0.15, 0.2) is 52.1 Å². The molecule has 0 radical (unpaired) electrons. The smallest absolute Gasteiger partial charge is 1.00 e. The van der Waals surface area contributed by atoms with Gasteiger partial charge in [0.1, 0.15) is 16.8 Å². The van der Waals surface area contributed by atoms with Crippen LogP contribution in [0.3, 0.4) is 0 Å². The van der Waals surface area contributed by atoms with E-state index >= 15 is 0 Å². The number of ether oxygens (including phenoxy) is 10. The zero-order valence-corrected chi connectivity index (χ0v) is 82.8. The van der Waals surface area contributed by atoms with Crippen molar-refractivity contribution in [3.63, 3.8) is 0 Å². The van der Waals surface area contributed by atoms with Crippen LogP contribution in [0.5, 0.6) is 23.0 Å². The molecule has 4 aliphatic heterocycles. The van der Waals surface area contributed by atoms with Gasteiger partial charge in [0.05, 0.1) is 60.7 Å². The van der Waals surface area contributed by atoms with Crippen molar-refractivity contribution in [1.29, 1.82) is 0 Å². The Morgan fingerprint density at radius 1 is 0.480 bits per heavy atom. The van der Waals surface area contributed by atoms with Gasteiger partial charge in [-0.05, 0) is 286 Å². The SMILES string of the molecule is CC(C)(C)OC(=O)N1CCC[C@@H](C(=O)c2cccc(F)c2OCC2CC2)C1.COCCCC[C@@](O)(c1cccc(F)c1OCC1CC1)[C@@H]1CCCN(C(=O)OC(C)(C)C)C1.COCCCC[C@@](O)(c1cccc(F)c1OCC1CC1)[C@@H]1CCCNC1.CON(C)C(=O)[C@@H]1CCCN(C(=O)OC(C)(C)C)C1.Fc1cccc(Br)c1OCC1CC1.S.[CH2-]CCCOC.[Cl-].[Mg+2]. The van der Waals surface area contributed by atoms with E-state index in [-0.39, 0.29) is 137 Å². The Morgan fingerprint density at radius 2 is 0.843 bits per heavy atom. The van der Waals surface area contributed by atoms with Crippen LogP contribution in [-0.4, -0.2) is 234 Å². The van der Waals surface area contributed by atoms with Gasteiger partial charge in [-0.2, -0.15) is 19.9 Å². The second kappa shape index (κ2) is 56.4. The standard InChI is InChI=1S/C26H40FNO5.C21H28FNO4.C21H32FNO3.C13H24N2O4.C10H10BrFO.C5H11O.ClH.Mg.H2S/c1-25(2,3)33-24(29)28-15-8-9-20(17-28)26(30,14-5-6-16-31-4)21-10-7-11-22(27)23(21)32-18-19-12-13-19;1-21(2,3)27-20(25)23-11-5-6-15(12-23)18(24)16-7-4-8-17(22)19(16)26-13-14-9-10-14;1-25-13-3-2-11-21(24,17-6-5-12-23-14-17)18-7-4-8-19(22)20(18)26-15-16-9-10-16;1-13(2,3)19-12(17)15-8-6-7-10(9-15)11(16)14(4)18-5;11-8-2-1-3-9(12)10(8)13-6-7-4-5-7;1-3-4-5-6-2;;;/h7,10-11,19-20,30H,5-6,8-9,12-18H2,1-4H3;4,7-8,14-15H,5-6,9-13H2,1-3H3;4,7-8,16-17,23-24H,2-3,5-6,9-15H2,1H3;10H,6-9H2,1-5H3;1-3,7H,4-6H2;1,3-5H2,2H3;1H;;1H2/q;;;;;-1;;+2;/p-1/t20-,26+;15-;17-,21+;10-;;;;;/m1111...../s1. The number of Topliss-reactive ketones (excluding diaryl/α,β-unsaturated/α-hetero) is 1. The van der Waals surface area contributed by atoms with Crippen LogP contribution >= 0.6 is 29.4 Å². The molecule has 4 aromatic rings. The predicted molar refractivity (Wildman–Crippen MR) is 489 cm³/mol. The number of halogens is 6. The zero-order chi connectivity index (χ0) is 90.8. The van der Waals surface area contributed by atoms with Gasteiger partial charge < -0.3 is 96.9 Å². The minimum Gasteiger partial charge on any atom is -1.00 e. The fraction of sp³-hybridized carbons (Fsp3) is 0.688. The number of benzene rings is 4. The Labute approximate surface area is 791 Å². The number of methoxy groups -OCH3 is 3. The maximum atomic E-state index is 14.9. The molecule has 0 spiro atoms. The van der Waals surface area contributed by atoms with Gasteiger partial charge in [-0.1, -0.05) is 42.8 Å². The van der Waals surface area contributed by atoms with E-state index in [9.17, 15) is 51.7 Å². The molecule has 4 aromatic carbocycles. The molecule has 4 amide bonds. The van der Waals surface area contributed by atoms with Gasteiger partial charge in [-0.15, -0.1) is 0 Å². The molecule has 0 bridgehead atoms. The number of unbranched alkanes of at least 4 members (excludes halogenated alkanes) is 3. The summed E-state index contributed by atoms with van der Waals surface area (Å²) >= 11 is 3.25. The second-order valence-corrected chi connectivity index (χ2v) is 37.9. The molecule has 0 aromatic heterocycles. The first-order valence-corrected chi connectivity index (χ1v) is 45.8. The van der Waals surface area contributed by atoms with E-state index in [4.69, 9.17) is 52.2 Å². The molecule has 31 heteroatoms. The number of ketones is 1. The summed E-state index contributed by atoms with van der Waals surface area (Å²) in [5.41, 5.74) is -2.73. The molecule has 4 saturated heterocycles. The number of rotatable bonds is 33. The number of para-hydroxylation sites is 4. The zero-order valence-electron chi connectivity index (χ0n) is 78.0. The number of carbonyl (C=O) groups is 5. The summed E-state index contributed by atoms with van der Waals surface area (Å²) in [6, 6.07) is 19.0. The van der Waals surface area contributed by atoms with Gasteiger partial charge in [-0.25, -0.2) is 37.0 Å². The van der Waals surface area contributed by atoms with Crippen LogP contribution < -0.4 is 36.7 Å². The number of amides is 4. The molecule has 12 rings (SSSR count). The second-order valence-electron chi connectivity index (χ2n) is 37.1. The number of nitrogens with one attached hydrogen (secondary N) is 1. The summed E-state index contributed by atoms with van der Waals surface area (Å²) in [7, 11) is 8.08. The Balaban J connectivity index is 0.000000333. The maximum Gasteiger partial charge on any atom is 2.00 e. The molecule has 714 valence electrons. The molecular weight excluding hydrogens is 1760 g/mol. The minimum atomic E-state index is -1.32. The van der Waals surface area contributed by atoms with Gasteiger partial charge in [-0.3, -0.25) is 14.4 Å². The molecule has 4 saturated carbocycles. The van der Waals surface area contributed by atoms with Crippen LogP contribution in [0.15, 0.2) is 77.3 Å². The number of carbonyl (C=O) groups excluding carboxylic acids is 5. The number of aliphatic hydroxyl groups is 2. The normalized spacial score (nSPS) is 19.5. The largest absolute Gasteiger partial charge is 2.00 e. The van der Waals surface area contributed by atoms with E-state index in [1.807, 2.05) is 68.4 Å². The van der Waals surface area contributed by atoms with Crippen LogP contribution in [-0.2, 0) is 49.3 Å². The molecule has 6 atom stereocenters. The van der Waals surface area contributed by atoms with Gasteiger partial charge in [0.2, 0.25) is 0 Å². The Morgan fingerprint density at radius 3 is 1.24 bits per heavy atom. The first kappa shape index (κ1) is 114. The van der Waals surface area contributed by atoms with Crippen molar-refractivity contribution in [2.75, 3.05) is 134 Å². The molecular formula is C96H147BrClF4MgN5O18S.